The molecule has 0 aliphatic rings. The van der Waals surface area contributed by atoms with Crippen LogP contribution in [0.1, 0.15) is 225 Å². The molecule has 0 aromatic heterocycles. The fraction of sp³-hybridized carbons (Fsp3) is 0.973. The van der Waals surface area contributed by atoms with Gasteiger partial charge >= 0.3 is 0 Å². The van der Waals surface area contributed by atoms with Crippen LogP contribution in [0.15, 0.2) is 0 Å². The van der Waals surface area contributed by atoms with E-state index in [2.05, 4.69) is 6.92 Å². The van der Waals surface area contributed by atoms with Gasteiger partial charge in [0, 0.05) is 6.61 Å². The predicted molar refractivity (Wildman–Crippen MR) is 174 cm³/mol. The monoisotopic (exact) mass is 536 g/mol. The number of aliphatic hydroxyl groups is 1. The van der Waals surface area contributed by atoms with E-state index in [9.17, 15) is 0 Å². The van der Waals surface area contributed by atoms with Crippen molar-refractivity contribution in [2.24, 2.45) is 0 Å². The molecule has 1 radical (unpaired) electrons. The van der Waals surface area contributed by atoms with Crippen molar-refractivity contribution in [3.63, 3.8) is 0 Å². The third kappa shape index (κ3) is 36.0. The van der Waals surface area contributed by atoms with E-state index in [0.717, 1.165) is 12.8 Å². The first-order chi connectivity index (χ1) is 18.9. The summed E-state index contributed by atoms with van der Waals surface area (Å²) in [6.07, 6.45) is 49.9. The van der Waals surface area contributed by atoms with Crippen LogP contribution in [0.25, 0.3) is 0 Å². The van der Waals surface area contributed by atoms with Crippen molar-refractivity contribution in [3.8, 4) is 0 Å². The molecule has 0 spiro atoms. The topological polar surface area (TPSA) is 20.2 Å². The predicted octanol–water partition coefficient (Wildman–Crippen LogP) is 13.5. The zero-order valence-electron chi connectivity index (χ0n) is 26.6. The standard InChI is InChI=1S/C37H75O/c1-2-3-4-5-6-7-8-9-10-11-12-13-14-15-16-17-18-19-20-21-22-23-24-25-26-27-28-29-30-31-32-33-34-35-36-37-38/h38H,1-37H2. The Morgan fingerprint density at radius 1 is 0.211 bits per heavy atom. The SMILES string of the molecule is [CH2]CCCCCCCCCCCCCCCCCCCCCCCCCCCCCCCCCCCCO. The summed E-state index contributed by atoms with van der Waals surface area (Å²) in [6, 6.07) is 0. The van der Waals surface area contributed by atoms with Gasteiger partial charge in [0.2, 0.25) is 0 Å². The zero-order valence-corrected chi connectivity index (χ0v) is 26.6. The smallest absolute Gasteiger partial charge is 0.0431 e. The lowest BCUT2D eigenvalue weighted by Crippen LogP contribution is -1.85. The van der Waals surface area contributed by atoms with Gasteiger partial charge in [-0.15, -0.1) is 0 Å². The number of rotatable bonds is 35. The molecule has 38 heavy (non-hydrogen) atoms. The lowest BCUT2D eigenvalue weighted by Gasteiger charge is -2.05. The van der Waals surface area contributed by atoms with E-state index in [1.165, 1.54) is 212 Å². The quantitative estimate of drug-likeness (QED) is 0.0800. The highest BCUT2D eigenvalue weighted by molar-refractivity contribution is 4.53. The Hall–Kier alpha value is -0.0400. The summed E-state index contributed by atoms with van der Waals surface area (Å²) in [5.41, 5.74) is 0. The Balaban J connectivity index is 3.01. The number of unbranched alkanes of at least 4 members (excludes halogenated alkanes) is 34. The Labute approximate surface area is 243 Å². The van der Waals surface area contributed by atoms with E-state index in [1.54, 1.807) is 0 Å². The lowest BCUT2D eigenvalue weighted by atomic mass is 10.0. The molecule has 1 nitrogen and oxygen atoms in total. The van der Waals surface area contributed by atoms with E-state index >= 15 is 0 Å². The first-order valence-corrected chi connectivity index (χ1v) is 18.3. The lowest BCUT2D eigenvalue weighted by molar-refractivity contribution is 0.282. The Morgan fingerprint density at radius 2 is 0.342 bits per heavy atom. The van der Waals surface area contributed by atoms with Gasteiger partial charge in [-0.3, -0.25) is 0 Å². The molecule has 0 amide bonds. The molecule has 1 heteroatoms. The van der Waals surface area contributed by atoms with Gasteiger partial charge in [0.15, 0.2) is 0 Å². The normalized spacial score (nSPS) is 11.5. The molecule has 0 aliphatic carbocycles. The van der Waals surface area contributed by atoms with Crippen molar-refractivity contribution in [2.75, 3.05) is 6.61 Å². The van der Waals surface area contributed by atoms with Crippen LogP contribution in [0.3, 0.4) is 0 Å². The zero-order chi connectivity index (χ0) is 27.5. The third-order valence-electron chi connectivity index (χ3n) is 8.66. The summed E-state index contributed by atoms with van der Waals surface area (Å²) < 4.78 is 0. The first kappa shape index (κ1) is 38.0. The molecule has 0 saturated carbocycles. The number of hydrogen-bond donors (Lipinski definition) is 1. The summed E-state index contributed by atoms with van der Waals surface area (Å²) in [5, 5.41) is 8.78. The Kier molecular flexibility index (Phi) is 36.9. The highest BCUT2D eigenvalue weighted by Crippen LogP contribution is 2.17. The van der Waals surface area contributed by atoms with Crippen molar-refractivity contribution < 1.29 is 5.11 Å². The average Bonchev–Trinajstić information content (AvgIpc) is 2.93. The van der Waals surface area contributed by atoms with E-state index in [-0.39, 0.29) is 0 Å². The van der Waals surface area contributed by atoms with E-state index < -0.39 is 0 Å². The fourth-order valence-corrected chi connectivity index (χ4v) is 5.95. The molecular formula is C37H75O. The second-order valence-electron chi connectivity index (χ2n) is 12.6. The summed E-state index contributed by atoms with van der Waals surface area (Å²) in [4.78, 5) is 0. The molecule has 0 saturated heterocycles. The number of aliphatic hydroxyl groups excluding tert-OH is 1. The molecular weight excluding hydrogens is 460 g/mol. The van der Waals surface area contributed by atoms with Crippen molar-refractivity contribution in [3.05, 3.63) is 6.92 Å². The van der Waals surface area contributed by atoms with Crippen LogP contribution in [0.4, 0.5) is 0 Å². The molecule has 0 aliphatic heterocycles. The second-order valence-corrected chi connectivity index (χ2v) is 12.6. The van der Waals surface area contributed by atoms with Crippen LogP contribution in [0, 0.1) is 6.92 Å². The van der Waals surface area contributed by atoms with Crippen LogP contribution in [0.2, 0.25) is 0 Å². The molecule has 0 bridgehead atoms. The van der Waals surface area contributed by atoms with Crippen molar-refractivity contribution in [2.45, 2.75) is 225 Å². The largest absolute Gasteiger partial charge is 0.396 e. The average molecular weight is 536 g/mol. The molecule has 229 valence electrons. The summed E-state index contributed by atoms with van der Waals surface area (Å²) >= 11 is 0. The van der Waals surface area contributed by atoms with E-state index in [0.29, 0.717) is 6.61 Å². The molecule has 0 atom stereocenters. The van der Waals surface area contributed by atoms with E-state index in [1.807, 2.05) is 0 Å². The van der Waals surface area contributed by atoms with Crippen LogP contribution >= 0.6 is 0 Å². The summed E-state index contributed by atoms with van der Waals surface area (Å²) in [5.74, 6) is 0. The minimum absolute atomic E-state index is 0.374. The van der Waals surface area contributed by atoms with E-state index in [4.69, 9.17) is 5.11 Å². The summed E-state index contributed by atoms with van der Waals surface area (Å²) in [7, 11) is 0. The first-order valence-electron chi connectivity index (χ1n) is 18.3. The minimum atomic E-state index is 0.374. The molecule has 0 rings (SSSR count). The maximum absolute atomic E-state index is 8.78. The van der Waals surface area contributed by atoms with Gasteiger partial charge in [0.25, 0.3) is 0 Å². The van der Waals surface area contributed by atoms with Crippen LogP contribution < -0.4 is 0 Å². The Morgan fingerprint density at radius 3 is 0.474 bits per heavy atom. The molecule has 0 fully saturated rings. The molecule has 0 heterocycles. The number of hydrogen-bond acceptors (Lipinski definition) is 1. The highest BCUT2D eigenvalue weighted by atomic mass is 16.2. The molecule has 1 N–H and O–H groups in total. The van der Waals surface area contributed by atoms with Gasteiger partial charge in [-0.25, -0.2) is 0 Å². The maximum atomic E-state index is 8.78. The Bertz CT molecular complexity index is 343. The minimum Gasteiger partial charge on any atom is -0.396 e. The van der Waals surface area contributed by atoms with Crippen molar-refractivity contribution in [1.82, 2.24) is 0 Å². The molecule has 0 aromatic carbocycles. The van der Waals surface area contributed by atoms with Gasteiger partial charge in [0.1, 0.15) is 0 Å². The van der Waals surface area contributed by atoms with Crippen molar-refractivity contribution >= 4 is 0 Å². The highest BCUT2D eigenvalue weighted by Gasteiger charge is 1.97. The summed E-state index contributed by atoms with van der Waals surface area (Å²) in [6.45, 7) is 4.30. The fourth-order valence-electron chi connectivity index (χ4n) is 5.95. The van der Waals surface area contributed by atoms with Crippen molar-refractivity contribution in [1.29, 1.82) is 0 Å². The van der Waals surface area contributed by atoms with Crippen LogP contribution in [-0.4, -0.2) is 11.7 Å². The molecule has 0 unspecified atom stereocenters. The third-order valence-corrected chi connectivity index (χ3v) is 8.66. The van der Waals surface area contributed by atoms with Gasteiger partial charge in [-0.05, 0) is 6.42 Å². The molecule has 0 aromatic rings. The van der Waals surface area contributed by atoms with Crippen LogP contribution in [-0.2, 0) is 0 Å². The van der Waals surface area contributed by atoms with Gasteiger partial charge < -0.3 is 5.11 Å². The maximum Gasteiger partial charge on any atom is 0.0431 e. The second kappa shape index (κ2) is 37.0. The van der Waals surface area contributed by atoms with Crippen LogP contribution in [0.5, 0.6) is 0 Å². The van der Waals surface area contributed by atoms with Gasteiger partial charge in [-0.1, -0.05) is 225 Å². The van der Waals surface area contributed by atoms with Gasteiger partial charge in [0.05, 0.1) is 0 Å². The van der Waals surface area contributed by atoms with Gasteiger partial charge in [-0.2, -0.15) is 0 Å².